The molecule has 7 nitrogen and oxygen atoms in total. The lowest BCUT2D eigenvalue weighted by Crippen LogP contribution is -2.52. The first-order valence-electron chi connectivity index (χ1n) is 11.3. The lowest BCUT2D eigenvalue weighted by molar-refractivity contribution is -0.146. The summed E-state index contributed by atoms with van der Waals surface area (Å²) in [6.07, 6.45) is 10.3. The van der Waals surface area contributed by atoms with Gasteiger partial charge in [-0.05, 0) is 63.7 Å². The molecule has 1 saturated carbocycles. The summed E-state index contributed by atoms with van der Waals surface area (Å²) in [5, 5.41) is 0. The number of nitrogens with zero attached hydrogens (tertiary/aromatic N) is 4. The van der Waals surface area contributed by atoms with Gasteiger partial charge in [0.05, 0.1) is 5.41 Å². The van der Waals surface area contributed by atoms with Gasteiger partial charge in [0.15, 0.2) is 0 Å². The Morgan fingerprint density at radius 1 is 1.07 bits per heavy atom. The van der Waals surface area contributed by atoms with Crippen molar-refractivity contribution in [3.8, 4) is 0 Å². The van der Waals surface area contributed by atoms with E-state index in [4.69, 9.17) is 5.73 Å². The van der Waals surface area contributed by atoms with Gasteiger partial charge in [0.25, 0.3) is 5.91 Å². The van der Waals surface area contributed by atoms with Crippen LogP contribution >= 0.6 is 0 Å². The minimum absolute atomic E-state index is 0.0713. The quantitative estimate of drug-likeness (QED) is 0.844. The van der Waals surface area contributed by atoms with E-state index in [1.165, 1.54) is 19.3 Å². The maximum absolute atomic E-state index is 13.4. The van der Waals surface area contributed by atoms with E-state index in [2.05, 4.69) is 14.9 Å². The molecule has 2 N–H and O–H groups in total. The van der Waals surface area contributed by atoms with Crippen LogP contribution < -0.4 is 5.73 Å². The number of nitrogen functional groups attached to an aromatic ring is 1. The number of fused-ring (bicyclic) bond motifs is 1. The predicted molar refractivity (Wildman–Crippen MR) is 109 cm³/mol. The third kappa shape index (κ3) is 3.28. The number of rotatable bonds is 3. The van der Waals surface area contributed by atoms with E-state index in [9.17, 15) is 9.59 Å². The van der Waals surface area contributed by atoms with Crippen molar-refractivity contribution >= 4 is 17.8 Å². The molecule has 2 saturated heterocycles. The molecule has 29 heavy (non-hydrogen) atoms. The number of hydrogen-bond donors (Lipinski definition) is 1. The minimum atomic E-state index is -0.393. The molecule has 1 aromatic heterocycles. The summed E-state index contributed by atoms with van der Waals surface area (Å²) in [5.41, 5.74) is 7.89. The van der Waals surface area contributed by atoms with Crippen molar-refractivity contribution in [3.05, 3.63) is 17.0 Å². The van der Waals surface area contributed by atoms with Gasteiger partial charge in [0, 0.05) is 37.4 Å². The van der Waals surface area contributed by atoms with Gasteiger partial charge >= 0.3 is 0 Å². The Balaban J connectivity index is 1.34. The molecular formula is C22H31N5O2. The van der Waals surface area contributed by atoms with Crippen LogP contribution in [-0.4, -0.2) is 57.8 Å². The third-order valence-electron chi connectivity index (χ3n) is 7.57. The zero-order chi connectivity index (χ0) is 20.0. The number of likely N-dealkylation sites (tertiary alicyclic amines) is 2. The fourth-order valence-corrected chi connectivity index (χ4v) is 5.68. The fraction of sp³-hybridized carbons (Fsp3) is 0.727. The van der Waals surface area contributed by atoms with Crippen molar-refractivity contribution in [2.75, 3.05) is 31.9 Å². The van der Waals surface area contributed by atoms with Crippen molar-refractivity contribution in [2.24, 2.45) is 11.3 Å². The van der Waals surface area contributed by atoms with E-state index < -0.39 is 5.41 Å². The van der Waals surface area contributed by atoms with E-state index in [1.54, 1.807) is 0 Å². The van der Waals surface area contributed by atoms with Crippen molar-refractivity contribution in [3.63, 3.8) is 0 Å². The summed E-state index contributed by atoms with van der Waals surface area (Å²) in [4.78, 5) is 39.4. The standard InChI is InChI=1S/C22H31N5O2/c23-21-24-17-8-2-1-7-16(17)18(25-21)19(28)27-12-10-22(14-27)9-4-11-26(20(22)29)13-15-5-3-6-15/h15H,1-14H2,(H2,23,24,25)/t22-/m1/s1. The number of aryl methyl sites for hydroxylation is 1. The van der Waals surface area contributed by atoms with Crippen molar-refractivity contribution in [2.45, 2.75) is 64.2 Å². The Bertz CT molecular complexity index is 837. The maximum Gasteiger partial charge on any atom is 0.272 e. The largest absolute Gasteiger partial charge is 0.368 e. The number of piperidine rings is 1. The van der Waals surface area contributed by atoms with Gasteiger partial charge in [-0.1, -0.05) is 6.42 Å². The summed E-state index contributed by atoms with van der Waals surface area (Å²) < 4.78 is 0. The molecule has 1 aromatic rings. The molecular weight excluding hydrogens is 366 g/mol. The Hall–Kier alpha value is -2.18. The molecule has 0 radical (unpaired) electrons. The number of carbonyl (C=O) groups excluding carboxylic acids is 2. The lowest BCUT2D eigenvalue weighted by atomic mass is 9.77. The number of aromatic nitrogens is 2. The summed E-state index contributed by atoms with van der Waals surface area (Å²) >= 11 is 0. The topological polar surface area (TPSA) is 92.4 Å². The zero-order valence-electron chi connectivity index (χ0n) is 17.2. The Labute approximate surface area is 172 Å². The van der Waals surface area contributed by atoms with Crippen LogP contribution in [0.4, 0.5) is 5.95 Å². The van der Waals surface area contributed by atoms with Gasteiger partial charge in [0.2, 0.25) is 11.9 Å². The second kappa shape index (κ2) is 7.26. The first-order valence-corrected chi connectivity index (χ1v) is 11.3. The summed E-state index contributed by atoms with van der Waals surface area (Å²) in [5.74, 6) is 1.07. The highest BCUT2D eigenvalue weighted by molar-refractivity contribution is 5.95. The van der Waals surface area contributed by atoms with E-state index in [-0.39, 0.29) is 17.8 Å². The van der Waals surface area contributed by atoms with Gasteiger partial charge in [-0.25, -0.2) is 9.97 Å². The van der Waals surface area contributed by atoms with Gasteiger partial charge < -0.3 is 15.5 Å². The minimum Gasteiger partial charge on any atom is -0.368 e. The molecule has 2 aliphatic heterocycles. The molecule has 7 heteroatoms. The number of amides is 2. The molecule has 3 fully saturated rings. The van der Waals surface area contributed by atoms with Crippen LogP contribution in [0.15, 0.2) is 0 Å². The van der Waals surface area contributed by atoms with Gasteiger partial charge in [-0.2, -0.15) is 0 Å². The van der Waals surface area contributed by atoms with E-state index in [0.29, 0.717) is 24.7 Å². The molecule has 1 atom stereocenters. The highest BCUT2D eigenvalue weighted by Gasteiger charge is 2.50. The Morgan fingerprint density at radius 2 is 1.90 bits per heavy atom. The number of hydrogen-bond acceptors (Lipinski definition) is 5. The van der Waals surface area contributed by atoms with E-state index in [1.807, 2.05) is 4.90 Å². The average molecular weight is 398 g/mol. The second-order valence-corrected chi connectivity index (χ2v) is 9.47. The molecule has 1 spiro atoms. The maximum atomic E-state index is 13.4. The first kappa shape index (κ1) is 18.8. The fourth-order valence-electron chi connectivity index (χ4n) is 5.68. The highest BCUT2D eigenvalue weighted by atomic mass is 16.2. The molecule has 4 aliphatic rings. The number of anilines is 1. The molecule has 0 aromatic carbocycles. The average Bonchev–Trinajstić information content (AvgIpc) is 3.11. The summed E-state index contributed by atoms with van der Waals surface area (Å²) in [7, 11) is 0. The Kier molecular flexibility index (Phi) is 4.71. The Morgan fingerprint density at radius 3 is 2.69 bits per heavy atom. The molecule has 0 bridgehead atoms. The van der Waals surface area contributed by atoms with Gasteiger partial charge in [-0.3, -0.25) is 9.59 Å². The molecule has 2 amide bonds. The molecule has 3 heterocycles. The highest BCUT2D eigenvalue weighted by Crippen LogP contribution is 2.41. The van der Waals surface area contributed by atoms with Crippen molar-refractivity contribution < 1.29 is 9.59 Å². The smallest absolute Gasteiger partial charge is 0.272 e. The second-order valence-electron chi connectivity index (χ2n) is 9.47. The van der Waals surface area contributed by atoms with Crippen LogP contribution in [-0.2, 0) is 17.6 Å². The predicted octanol–water partition coefficient (Wildman–Crippen LogP) is 2.19. The third-order valence-corrected chi connectivity index (χ3v) is 7.57. The van der Waals surface area contributed by atoms with Crippen molar-refractivity contribution in [1.82, 2.24) is 19.8 Å². The molecule has 0 unspecified atom stereocenters. The monoisotopic (exact) mass is 397 g/mol. The van der Waals surface area contributed by atoms with E-state index in [0.717, 1.165) is 69.3 Å². The number of nitrogens with two attached hydrogens (primary N) is 1. The van der Waals surface area contributed by atoms with Crippen LogP contribution in [0.5, 0.6) is 0 Å². The molecule has 5 rings (SSSR count). The first-order chi connectivity index (χ1) is 14.1. The molecule has 156 valence electrons. The lowest BCUT2D eigenvalue weighted by Gasteiger charge is -2.42. The van der Waals surface area contributed by atoms with Gasteiger partial charge in [-0.15, -0.1) is 0 Å². The van der Waals surface area contributed by atoms with Gasteiger partial charge in [0.1, 0.15) is 5.69 Å². The zero-order valence-corrected chi connectivity index (χ0v) is 17.2. The van der Waals surface area contributed by atoms with Crippen LogP contribution in [0.2, 0.25) is 0 Å². The SMILES string of the molecule is Nc1nc2c(c(C(=O)N3CC[C@]4(CCCN(CC5CCC5)C4=O)C3)n1)CCCC2. The summed E-state index contributed by atoms with van der Waals surface area (Å²) in [6.45, 7) is 2.93. The van der Waals surface area contributed by atoms with Crippen molar-refractivity contribution in [1.29, 1.82) is 0 Å². The summed E-state index contributed by atoms with van der Waals surface area (Å²) in [6, 6.07) is 0. The van der Waals surface area contributed by atoms with Crippen LogP contribution in [0.3, 0.4) is 0 Å². The number of carbonyl (C=O) groups is 2. The van der Waals surface area contributed by atoms with Crippen LogP contribution in [0, 0.1) is 11.3 Å². The van der Waals surface area contributed by atoms with Crippen LogP contribution in [0.1, 0.15) is 73.1 Å². The normalized spacial score (nSPS) is 27.2. The van der Waals surface area contributed by atoms with Crippen LogP contribution in [0.25, 0.3) is 0 Å². The molecule has 2 aliphatic carbocycles. The van der Waals surface area contributed by atoms with E-state index >= 15 is 0 Å².